The lowest BCUT2D eigenvalue weighted by Gasteiger charge is -2.23. The number of thiophene rings is 1. The molecule has 1 unspecified atom stereocenters. The zero-order chi connectivity index (χ0) is 13.2. The van der Waals surface area contributed by atoms with Gasteiger partial charge in [-0.2, -0.15) is 0 Å². The highest BCUT2D eigenvalue weighted by Gasteiger charge is 2.11. The van der Waals surface area contributed by atoms with Crippen molar-refractivity contribution >= 4 is 11.3 Å². The van der Waals surface area contributed by atoms with Crippen LogP contribution >= 0.6 is 11.3 Å². The van der Waals surface area contributed by atoms with Crippen LogP contribution in [0.25, 0.3) is 0 Å². The Morgan fingerprint density at radius 2 is 2.06 bits per heavy atom. The van der Waals surface area contributed by atoms with Crippen molar-refractivity contribution in [2.75, 3.05) is 26.2 Å². The second-order valence-corrected chi connectivity index (χ2v) is 5.78. The molecule has 1 aromatic rings. The Balaban J connectivity index is 2.39. The molecular weight excluding hydrogens is 240 g/mol. The summed E-state index contributed by atoms with van der Waals surface area (Å²) in [7, 11) is 0. The molecule has 0 aliphatic heterocycles. The third-order valence-corrected chi connectivity index (χ3v) is 4.30. The van der Waals surface area contributed by atoms with E-state index in [9.17, 15) is 0 Å². The van der Waals surface area contributed by atoms with Gasteiger partial charge in [-0.05, 0) is 56.9 Å². The molecule has 1 rings (SSSR count). The summed E-state index contributed by atoms with van der Waals surface area (Å²) in [5, 5.41) is 5.87. The van der Waals surface area contributed by atoms with Crippen LogP contribution in [0.5, 0.6) is 0 Å². The first-order valence-electron chi connectivity index (χ1n) is 7.28. The fourth-order valence-electron chi connectivity index (χ4n) is 2.17. The molecule has 1 N–H and O–H groups in total. The smallest absolute Gasteiger partial charge is 0.0127 e. The molecule has 1 atom stereocenters. The van der Waals surface area contributed by atoms with E-state index in [1.807, 2.05) is 11.3 Å². The van der Waals surface area contributed by atoms with Gasteiger partial charge in [-0.1, -0.05) is 26.8 Å². The van der Waals surface area contributed by atoms with Crippen molar-refractivity contribution in [3.8, 4) is 0 Å². The maximum absolute atomic E-state index is 3.69. The predicted molar refractivity (Wildman–Crippen MR) is 82.5 cm³/mol. The molecular formula is C15H28N2S. The van der Waals surface area contributed by atoms with Gasteiger partial charge in [0.15, 0.2) is 0 Å². The van der Waals surface area contributed by atoms with E-state index in [1.54, 1.807) is 0 Å². The van der Waals surface area contributed by atoms with E-state index in [2.05, 4.69) is 48.5 Å². The van der Waals surface area contributed by atoms with Gasteiger partial charge in [0.05, 0.1) is 0 Å². The largest absolute Gasteiger partial charge is 0.314 e. The van der Waals surface area contributed by atoms with Gasteiger partial charge < -0.3 is 10.2 Å². The first kappa shape index (κ1) is 15.7. The molecule has 0 fully saturated rings. The number of nitrogens with zero attached hydrogens (tertiary/aromatic N) is 1. The molecule has 0 saturated heterocycles. The molecule has 104 valence electrons. The van der Waals surface area contributed by atoms with E-state index in [4.69, 9.17) is 0 Å². The van der Waals surface area contributed by atoms with Crippen LogP contribution in [0.15, 0.2) is 17.5 Å². The van der Waals surface area contributed by atoms with Gasteiger partial charge in [-0.25, -0.2) is 0 Å². The van der Waals surface area contributed by atoms with Crippen LogP contribution in [0.3, 0.4) is 0 Å². The standard InChI is InChI=1S/C15H28N2S/c1-4-10-16-14(9-11-17(5-2)6-3)13-15-8-7-12-18-15/h7-8,12,14,16H,4-6,9-11,13H2,1-3H3. The van der Waals surface area contributed by atoms with Crippen LogP contribution in [-0.4, -0.2) is 37.1 Å². The van der Waals surface area contributed by atoms with Crippen LogP contribution in [0.1, 0.15) is 38.5 Å². The van der Waals surface area contributed by atoms with E-state index in [-0.39, 0.29) is 0 Å². The van der Waals surface area contributed by atoms with Crippen LogP contribution in [-0.2, 0) is 6.42 Å². The predicted octanol–water partition coefficient (Wildman–Crippen LogP) is 3.39. The lowest BCUT2D eigenvalue weighted by atomic mass is 10.1. The van der Waals surface area contributed by atoms with E-state index in [0.717, 1.165) is 19.6 Å². The summed E-state index contributed by atoms with van der Waals surface area (Å²) in [6.07, 6.45) is 3.64. The lowest BCUT2D eigenvalue weighted by molar-refractivity contribution is 0.280. The van der Waals surface area contributed by atoms with E-state index < -0.39 is 0 Å². The highest BCUT2D eigenvalue weighted by Crippen LogP contribution is 2.13. The monoisotopic (exact) mass is 268 g/mol. The fourth-order valence-corrected chi connectivity index (χ4v) is 2.96. The van der Waals surface area contributed by atoms with Gasteiger partial charge in [0.25, 0.3) is 0 Å². The molecule has 1 aromatic heterocycles. The summed E-state index contributed by atoms with van der Waals surface area (Å²) >= 11 is 1.88. The molecule has 0 bridgehead atoms. The summed E-state index contributed by atoms with van der Waals surface area (Å²) in [6.45, 7) is 11.4. The highest BCUT2D eigenvalue weighted by atomic mass is 32.1. The van der Waals surface area contributed by atoms with E-state index in [0.29, 0.717) is 6.04 Å². The van der Waals surface area contributed by atoms with E-state index in [1.165, 1.54) is 30.7 Å². The zero-order valence-corrected chi connectivity index (χ0v) is 12.9. The fraction of sp³-hybridized carbons (Fsp3) is 0.733. The minimum Gasteiger partial charge on any atom is -0.314 e. The third-order valence-electron chi connectivity index (χ3n) is 3.40. The Morgan fingerprint density at radius 1 is 1.28 bits per heavy atom. The van der Waals surface area contributed by atoms with Gasteiger partial charge in [-0.3, -0.25) is 0 Å². The zero-order valence-electron chi connectivity index (χ0n) is 12.1. The van der Waals surface area contributed by atoms with Crippen molar-refractivity contribution in [1.82, 2.24) is 10.2 Å². The van der Waals surface area contributed by atoms with Crippen LogP contribution < -0.4 is 5.32 Å². The Labute approximate surface area is 116 Å². The number of hydrogen-bond acceptors (Lipinski definition) is 3. The molecule has 3 heteroatoms. The van der Waals surface area contributed by atoms with Crippen molar-refractivity contribution in [1.29, 1.82) is 0 Å². The first-order valence-corrected chi connectivity index (χ1v) is 8.16. The Kier molecular flexibility index (Phi) is 8.31. The maximum atomic E-state index is 3.69. The maximum Gasteiger partial charge on any atom is 0.0127 e. The van der Waals surface area contributed by atoms with Crippen LogP contribution in [0.4, 0.5) is 0 Å². The molecule has 18 heavy (non-hydrogen) atoms. The molecule has 0 spiro atoms. The Hall–Kier alpha value is -0.380. The van der Waals surface area contributed by atoms with Crippen molar-refractivity contribution in [2.45, 2.75) is 46.1 Å². The molecule has 0 amide bonds. The normalized spacial score (nSPS) is 13.1. The van der Waals surface area contributed by atoms with Crippen LogP contribution in [0, 0.1) is 0 Å². The highest BCUT2D eigenvalue weighted by molar-refractivity contribution is 7.09. The lowest BCUT2D eigenvalue weighted by Crippen LogP contribution is -2.36. The van der Waals surface area contributed by atoms with Crippen molar-refractivity contribution < 1.29 is 0 Å². The molecule has 0 saturated carbocycles. The quantitative estimate of drug-likeness (QED) is 0.700. The van der Waals surface area contributed by atoms with Gasteiger partial charge in [-0.15, -0.1) is 11.3 Å². The van der Waals surface area contributed by atoms with Crippen LogP contribution in [0.2, 0.25) is 0 Å². The molecule has 0 aliphatic rings. The number of nitrogens with one attached hydrogen (secondary N) is 1. The van der Waals surface area contributed by atoms with Crippen molar-refractivity contribution in [3.05, 3.63) is 22.4 Å². The minimum atomic E-state index is 0.629. The summed E-state index contributed by atoms with van der Waals surface area (Å²) in [5.41, 5.74) is 0. The Bertz CT molecular complexity index is 281. The first-order chi connectivity index (χ1) is 8.80. The molecule has 0 aromatic carbocycles. The molecule has 1 heterocycles. The minimum absolute atomic E-state index is 0.629. The average Bonchev–Trinajstić information content (AvgIpc) is 2.89. The summed E-state index contributed by atoms with van der Waals surface area (Å²) in [5.74, 6) is 0. The van der Waals surface area contributed by atoms with Crippen molar-refractivity contribution in [3.63, 3.8) is 0 Å². The van der Waals surface area contributed by atoms with Crippen molar-refractivity contribution in [2.24, 2.45) is 0 Å². The number of rotatable bonds is 10. The second kappa shape index (κ2) is 9.54. The van der Waals surface area contributed by atoms with Gasteiger partial charge >= 0.3 is 0 Å². The topological polar surface area (TPSA) is 15.3 Å². The summed E-state index contributed by atoms with van der Waals surface area (Å²) < 4.78 is 0. The molecule has 0 aliphatic carbocycles. The third kappa shape index (κ3) is 5.98. The van der Waals surface area contributed by atoms with E-state index >= 15 is 0 Å². The summed E-state index contributed by atoms with van der Waals surface area (Å²) in [6, 6.07) is 5.04. The molecule has 2 nitrogen and oxygen atoms in total. The van der Waals surface area contributed by atoms with Gasteiger partial charge in [0.1, 0.15) is 0 Å². The average molecular weight is 268 g/mol. The molecule has 0 radical (unpaired) electrons. The Morgan fingerprint density at radius 3 is 2.61 bits per heavy atom. The number of hydrogen-bond donors (Lipinski definition) is 1. The van der Waals surface area contributed by atoms with Gasteiger partial charge in [0, 0.05) is 10.9 Å². The second-order valence-electron chi connectivity index (χ2n) is 4.75. The van der Waals surface area contributed by atoms with Gasteiger partial charge in [0.2, 0.25) is 0 Å². The SMILES string of the molecule is CCCNC(CCN(CC)CC)Cc1cccs1. The summed E-state index contributed by atoms with van der Waals surface area (Å²) in [4.78, 5) is 4.01.